The molecular weight excluding hydrogens is 296 g/mol. The van der Waals surface area contributed by atoms with Gasteiger partial charge in [-0.3, -0.25) is 4.79 Å². The molecule has 0 aliphatic heterocycles. The molecule has 2 bridgehead atoms. The zero-order valence-electron chi connectivity index (χ0n) is 15.1. The largest absolute Gasteiger partial charge is 0.468 e. The van der Waals surface area contributed by atoms with E-state index in [-0.39, 0.29) is 5.97 Å². The van der Waals surface area contributed by atoms with Crippen LogP contribution in [0.25, 0.3) is 0 Å². The Kier molecular flexibility index (Phi) is 5.43. The Hall–Kier alpha value is -1.57. The minimum absolute atomic E-state index is 0.0833. The van der Waals surface area contributed by atoms with Crippen molar-refractivity contribution in [1.82, 2.24) is 0 Å². The molecule has 2 nitrogen and oxygen atoms in total. The van der Waals surface area contributed by atoms with Crippen LogP contribution >= 0.6 is 0 Å². The number of allylic oxidation sites excluding steroid dienone is 6. The number of fused-ring (bicyclic) bond motifs is 2. The van der Waals surface area contributed by atoms with Crippen LogP contribution in [-0.4, -0.2) is 13.1 Å². The monoisotopic (exact) mass is 326 g/mol. The van der Waals surface area contributed by atoms with Crippen LogP contribution in [0, 0.1) is 17.3 Å². The van der Waals surface area contributed by atoms with Gasteiger partial charge in [-0.25, -0.2) is 0 Å². The molecule has 3 aliphatic rings. The van der Waals surface area contributed by atoms with Crippen molar-refractivity contribution in [1.29, 1.82) is 0 Å². The highest BCUT2D eigenvalue weighted by molar-refractivity contribution is 5.90. The Labute approximate surface area is 146 Å². The van der Waals surface area contributed by atoms with Crippen molar-refractivity contribution in [2.24, 2.45) is 17.3 Å². The van der Waals surface area contributed by atoms with Gasteiger partial charge in [0.1, 0.15) is 5.41 Å². The van der Waals surface area contributed by atoms with Crippen molar-refractivity contribution < 1.29 is 9.53 Å². The summed E-state index contributed by atoms with van der Waals surface area (Å²) in [5.41, 5.74) is 1.74. The number of methoxy groups -OCH3 is 1. The molecule has 2 atom stereocenters. The van der Waals surface area contributed by atoms with Gasteiger partial charge in [0, 0.05) is 0 Å². The summed E-state index contributed by atoms with van der Waals surface area (Å²) in [6.07, 6.45) is 22.9. The van der Waals surface area contributed by atoms with E-state index < -0.39 is 5.41 Å². The number of esters is 1. The second kappa shape index (κ2) is 7.55. The van der Waals surface area contributed by atoms with E-state index in [1.807, 2.05) is 0 Å². The molecular formula is C22H30O2. The average Bonchev–Trinajstić information content (AvgIpc) is 3.29. The van der Waals surface area contributed by atoms with Crippen molar-refractivity contribution in [2.75, 3.05) is 7.11 Å². The van der Waals surface area contributed by atoms with Crippen LogP contribution in [0.2, 0.25) is 0 Å². The first-order valence-electron chi connectivity index (χ1n) is 9.58. The third-order valence-electron chi connectivity index (χ3n) is 6.05. The molecule has 3 rings (SSSR count). The molecule has 130 valence electrons. The van der Waals surface area contributed by atoms with Crippen LogP contribution in [0.4, 0.5) is 0 Å². The smallest absolute Gasteiger partial charge is 0.320 e. The molecule has 0 amide bonds. The summed E-state index contributed by atoms with van der Waals surface area (Å²) in [5, 5.41) is 0. The first-order chi connectivity index (χ1) is 11.7. The van der Waals surface area contributed by atoms with Gasteiger partial charge in [-0.1, -0.05) is 62.6 Å². The molecule has 1 fully saturated rings. The van der Waals surface area contributed by atoms with E-state index in [4.69, 9.17) is 4.74 Å². The molecule has 0 aromatic carbocycles. The lowest BCUT2D eigenvalue weighted by atomic mass is 9.71. The molecule has 0 unspecified atom stereocenters. The zero-order chi connectivity index (χ0) is 17.0. The predicted molar refractivity (Wildman–Crippen MR) is 98.5 cm³/mol. The van der Waals surface area contributed by atoms with Crippen LogP contribution in [-0.2, 0) is 9.53 Å². The van der Waals surface area contributed by atoms with E-state index in [9.17, 15) is 4.79 Å². The lowest BCUT2D eigenvalue weighted by Gasteiger charge is -2.31. The highest BCUT2D eigenvalue weighted by Crippen LogP contribution is 2.54. The first-order valence-corrected chi connectivity index (χ1v) is 9.58. The van der Waals surface area contributed by atoms with Gasteiger partial charge in [0.05, 0.1) is 7.11 Å². The van der Waals surface area contributed by atoms with Crippen molar-refractivity contribution >= 4 is 5.97 Å². The summed E-state index contributed by atoms with van der Waals surface area (Å²) in [6.45, 7) is 2.25. The molecule has 3 aliphatic carbocycles. The number of ether oxygens (including phenoxy) is 1. The Morgan fingerprint density at radius 2 is 2.00 bits per heavy atom. The number of hydrogen-bond acceptors (Lipinski definition) is 2. The quantitative estimate of drug-likeness (QED) is 0.333. The second-order valence-corrected chi connectivity index (χ2v) is 7.46. The summed E-state index contributed by atoms with van der Waals surface area (Å²) in [6, 6.07) is 0. The van der Waals surface area contributed by atoms with Crippen LogP contribution in [0.1, 0.15) is 58.3 Å². The van der Waals surface area contributed by atoms with Gasteiger partial charge in [0.25, 0.3) is 0 Å². The summed E-state index contributed by atoms with van der Waals surface area (Å²) in [5.74, 6) is 1.12. The molecule has 0 saturated heterocycles. The van der Waals surface area contributed by atoms with Crippen LogP contribution in [0.15, 0.2) is 47.6 Å². The minimum Gasteiger partial charge on any atom is -0.468 e. The van der Waals surface area contributed by atoms with E-state index >= 15 is 0 Å². The number of hydrogen-bond donors (Lipinski definition) is 0. The van der Waals surface area contributed by atoms with Crippen LogP contribution < -0.4 is 0 Å². The summed E-state index contributed by atoms with van der Waals surface area (Å²) >= 11 is 0. The van der Waals surface area contributed by atoms with Crippen molar-refractivity contribution in [3.8, 4) is 0 Å². The van der Waals surface area contributed by atoms with Crippen molar-refractivity contribution in [3.05, 3.63) is 47.6 Å². The maximum absolute atomic E-state index is 12.7. The maximum Gasteiger partial charge on any atom is 0.320 e. The topological polar surface area (TPSA) is 26.3 Å². The Morgan fingerprint density at radius 1 is 1.25 bits per heavy atom. The predicted octanol–water partition coefficient (Wildman–Crippen LogP) is 5.52. The number of carbonyl (C=O) groups is 1. The average molecular weight is 326 g/mol. The molecule has 0 heterocycles. The van der Waals surface area contributed by atoms with E-state index in [0.29, 0.717) is 11.8 Å². The van der Waals surface area contributed by atoms with E-state index in [0.717, 1.165) is 17.6 Å². The van der Waals surface area contributed by atoms with Gasteiger partial charge < -0.3 is 4.74 Å². The van der Waals surface area contributed by atoms with Gasteiger partial charge in [-0.2, -0.15) is 0 Å². The van der Waals surface area contributed by atoms with Crippen molar-refractivity contribution in [2.45, 2.75) is 58.3 Å². The van der Waals surface area contributed by atoms with E-state index in [1.165, 1.54) is 52.1 Å². The molecule has 0 spiro atoms. The molecule has 0 N–H and O–H groups in total. The molecule has 0 aromatic rings. The van der Waals surface area contributed by atoms with Gasteiger partial charge in [-0.15, -0.1) is 0 Å². The number of rotatable bonds is 8. The number of unbranched alkanes of at least 4 members (excludes halogenated alkanes) is 3. The van der Waals surface area contributed by atoms with Gasteiger partial charge in [0.2, 0.25) is 0 Å². The number of carbonyl (C=O) groups excluding carboxylic acids is 1. The highest BCUT2D eigenvalue weighted by atomic mass is 16.5. The molecule has 2 heteroatoms. The fourth-order valence-electron chi connectivity index (χ4n) is 4.68. The highest BCUT2D eigenvalue weighted by Gasteiger charge is 2.51. The fraction of sp³-hybridized carbons (Fsp3) is 0.591. The normalized spacial score (nSPS) is 26.9. The molecule has 0 aromatic heterocycles. The SMILES string of the molecule is CCCCCC=C[C@H]1CCC[C@@H]1CC1(C(=O)OC)C2=CC=C1C=C2. The first kappa shape index (κ1) is 17.3. The Morgan fingerprint density at radius 3 is 2.62 bits per heavy atom. The van der Waals surface area contributed by atoms with E-state index in [1.54, 1.807) is 0 Å². The Balaban J connectivity index is 1.68. The summed E-state index contributed by atoms with van der Waals surface area (Å²) in [4.78, 5) is 12.7. The van der Waals surface area contributed by atoms with Crippen LogP contribution in [0.3, 0.4) is 0 Å². The van der Waals surface area contributed by atoms with Gasteiger partial charge >= 0.3 is 5.97 Å². The fourth-order valence-corrected chi connectivity index (χ4v) is 4.68. The minimum atomic E-state index is -0.516. The summed E-state index contributed by atoms with van der Waals surface area (Å²) < 4.78 is 5.21. The second-order valence-electron chi connectivity index (χ2n) is 7.46. The molecule has 1 saturated carbocycles. The third kappa shape index (κ3) is 3.03. The standard InChI is InChI=1S/C22H30O2/c1-3-4-5-6-7-9-17-10-8-11-18(17)16-22(21(23)24-2)19-12-13-20(22)15-14-19/h7,9,12-15,17-18H,3-6,8,10-11,16H2,1-2H3/t17-,18+/m0/s1. The van der Waals surface area contributed by atoms with Gasteiger partial charge in [-0.05, 0) is 55.1 Å². The van der Waals surface area contributed by atoms with Gasteiger partial charge in [0.15, 0.2) is 0 Å². The summed E-state index contributed by atoms with van der Waals surface area (Å²) in [7, 11) is 1.52. The molecule has 0 radical (unpaired) electrons. The van der Waals surface area contributed by atoms with E-state index in [2.05, 4.69) is 43.4 Å². The maximum atomic E-state index is 12.7. The zero-order valence-corrected chi connectivity index (χ0v) is 15.1. The lowest BCUT2D eigenvalue weighted by molar-refractivity contribution is -0.148. The van der Waals surface area contributed by atoms with Crippen molar-refractivity contribution in [3.63, 3.8) is 0 Å². The third-order valence-corrected chi connectivity index (χ3v) is 6.05. The van der Waals surface area contributed by atoms with Crippen LogP contribution in [0.5, 0.6) is 0 Å². The Bertz CT molecular complexity index is 569. The molecule has 24 heavy (non-hydrogen) atoms. The lowest BCUT2D eigenvalue weighted by Crippen LogP contribution is -2.34.